The first kappa shape index (κ1) is 18.2. The Morgan fingerprint density at radius 3 is 2.38 bits per heavy atom. The lowest BCUT2D eigenvalue weighted by atomic mass is 10.2. The lowest BCUT2D eigenvalue weighted by Crippen LogP contribution is -2.20. The van der Waals surface area contributed by atoms with Crippen LogP contribution in [0.2, 0.25) is 0 Å². The summed E-state index contributed by atoms with van der Waals surface area (Å²) in [4.78, 5) is 20.9. The Labute approximate surface area is 149 Å². The minimum Gasteiger partial charge on any atom is -0.351 e. The maximum Gasteiger partial charge on any atom is 0.416 e. The van der Waals surface area contributed by atoms with Crippen LogP contribution in [0.4, 0.5) is 24.8 Å². The summed E-state index contributed by atoms with van der Waals surface area (Å²) in [5.74, 6) is -0.0980. The van der Waals surface area contributed by atoms with Gasteiger partial charge in [-0.3, -0.25) is 4.79 Å². The van der Waals surface area contributed by atoms with E-state index in [0.717, 1.165) is 37.8 Å². The fourth-order valence-electron chi connectivity index (χ4n) is 2.94. The molecular formula is C18H19F3N4O. The van der Waals surface area contributed by atoms with Crippen LogP contribution in [-0.4, -0.2) is 21.9 Å². The number of nitrogens with one attached hydrogen (secondary N) is 2. The van der Waals surface area contributed by atoms with E-state index in [1.807, 2.05) is 0 Å². The van der Waals surface area contributed by atoms with Crippen LogP contribution >= 0.6 is 0 Å². The van der Waals surface area contributed by atoms with Gasteiger partial charge in [0, 0.05) is 17.4 Å². The number of anilines is 2. The third kappa shape index (κ3) is 4.50. The van der Waals surface area contributed by atoms with Gasteiger partial charge in [0.25, 0.3) is 5.91 Å². The topological polar surface area (TPSA) is 66.9 Å². The highest BCUT2D eigenvalue weighted by Gasteiger charge is 2.30. The zero-order valence-electron chi connectivity index (χ0n) is 14.2. The molecule has 1 amide bonds. The summed E-state index contributed by atoms with van der Waals surface area (Å²) in [6.07, 6.45) is -0.00260. The van der Waals surface area contributed by atoms with Crippen LogP contribution in [0.5, 0.6) is 0 Å². The summed E-state index contributed by atoms with van der Waals surface area (Å²) in [6.45, 7) is 1.76. The largest absolute Gasteiger partial charge is 0.416 e. The molecule has 8 heteroatoms. The summed E-state index contributed by atoms with van der Waals surface area (Å²) >= 11 is 0. The third-order valence-corrected chi connectivity index (χ3v) is 4.25. The van der Waals surface area contributed by atoms with Crippen LogP contribution in [0.25, 0.3) is 0 Å². The van der Waals surface area contributed by atoms with Crippen molar-refractivity contribution in [2.75, 3.05) is 10.6 Å². The molecule has 1 saturated carbocycles. The Bertz CT molecular complexity index is 784. The lowest BCUT2D eigenvalue weighted by molar-refractivity contribution is -0.137. The number of aryl methyl sites for hydroxylation is 1. The van der Waals surface area contributed by atoms with E-state index in [9.17, 15) is 18.0 Å². The molecule has 2 aromatic rings. The average molecular weight is 364 g/mol. The number of carbonyl (C=O) groups excluding carboxylic acids is 1. The quantitative estimate of drug-likeness (QED) is 0.843. The highest BCUT2D eigenvalue weighted by atomic mass is 19.4. The number of nitrogens with zero attached hydrogens (tertiary/aromatic N) is 2. The van der Waals surface area contributed by atoms with E-state index in [4.69, 9.17) is 0 Å². The van der Waals surface area contributed by atoms with Gasteiger partial charge in [-0.2, -0.15) is 13.2 Å². The van der Waals surface area contributed by atoms with Gasteiger partial charge in [-0.25, -0.2) is 9.97 Å². The molecule has 1 fully saturated rings. The molecule has 2 N–H and O–H groups in total. The van der Waals surface area contributed by atoms with Crippen molar-refractivity contribution in [3.63, 3.8) is 0 Å². The van der Waals surface area contributed by atoms with Crippen LogP contribution in [0.15, 0.2) is 30.3 Å². The number of alkyl halides is 3. The molecule has 0 radical (unpaired) electrons. The first-order chi connectivity index (χ1) is 12.3. The molecule has 3 rings (SSSR count). The number of hydrogen-bond acceptors (Lipinski definition) is 4. The summed E-state index contributed by atoms with van der Waals surface area (Å²) in [7, 11) is 0. The van der Waals surface area contributed by atoms with Crippen molar-refractivity contribution in [2.45, 2.75) is 44.8 Å². The molecule has 0 saturated heterocycles. The van der Waals surface area contributed by atoms with Gasteiger partial charge in [-0.1, -0.05) is 12.8 Å². The van der Waals surface area contributed by atoms with Crippen molar-refractivity contribution in [1.29, 1.82) is 0 Å². The molecule has 0 unspecified atom stereocenters. The van der Waals surface area contributed by atoms with Gasteiger partial charge in [-0.15, -0.1) is 0 Å². The van der Waals surface area contributed by atoms with Crippen molar-refractivity contribution in [3.8, 4) is 0 Å². The van der Waals surface area contributed by atoms with Gasteiger partial charge in [0.2, 0.25) is 5.95 Å². The Balaban J connectivity index is 1.71. The predicted octanol–water partition coefficient (Wildman–Crippen LogP) is 4.41. The molecule has 0 atom stereocenters. The average Bonchev–Trinajstić information content (AvgIpc) is 3.07. The summed E-state index contributed by atoms with van der Waals surface area (Å²) < 4.78 is 37.8. The second kappa shape index (κ2) is 7.31. The summed E-state index contributed by atoms with van der Waals surface area (Å²) in [5, 5.41) is 5.80. The second-order valence-electron chi connectivity index (χ2n) is 6.37. The van der Waals surface area contributed by atoms with E-state index >= 15 is 0 Å². The number of halogens is 3. The van der Waals surface area contributed by atoms with Crippen molar-refractivity contribution in [3.05, 3.63) is 47.3 Å². The van der Waals surface area contributed by atoms with E-state index in [2.05, 4.69) is 20.6 Å². The Kier molecular flexibility index (Phi) is 5.11. The molecule has 1 aliphatic rings. The zero-order valence-corrected chi connectivity index (χ0v) is 14.2. The van der Waals surface area contributed by atoms with Gasteiger partial charge in [0.15, 0.2) is 0 Å². The lowest BCUT2D eigenvalue weighted by Gasteiger charge is -2.13. The smallest absolute Gasteiger partial charge is 0.351 e. The van der Waals surface area contributed by atoms with Crippen LogP contribution in [0.3, 0.4) is 0 Å². The third-order valence-electron chi connectivity index (χ3n) is 4.25. The molecule has 5 nitrogen and oxygen atoms in total. The number of aromatic nitrogens is 2. The van der Waals surface area contributed by atoms with E-state index in [1.165, 1.54) is 12.1 Å². The molecule has 26 heavy (non-hydrogen) atoms. The van der Waals surface area contributed by atoms with Crippen LogP contribution in [0.1, 0.15) is 47.4 Å². The number of hydrogen-bond donors (Lipinski definition) is 2. The first-order valence-corrected chi connectivity index (χ1v) is 8.42. The number of carbonyl (C=O) groups is 1. The van der Waals surface area contributed by atoms with E-state index in [1.54, 1.807) is 13.0 Å². The minimum absolute atomic E-state index is 0.165. The number of amides is 1. The number of benzene rings is 1. The molecule has 138 valence electrons. The Hall–Kier alpha value is -2.64. The molecule has 0 bridgehead atoms. The molecule has 1 aliphatic carbocycles. The zero-order chi connectivity index (χ0) is 18.7. The molecule has 0 aliphatic heterocycles. The standard InChI is InChI=1S/C18H19F3N4O/c1-11-10-15(25-17(22-11)24-13-4-2-3-5-13)16(26)23-14-8-6-12(7-9-14)18(19,20)21/h6-10,13H,2-5H2,1H3,(H,23,26)(H,22,24,25). The molecule has 1 aromatic carbocycles. The van der Waals surface area contributed by atoms with Gasteiger partial charge >= 0.3 is 6.18 Å². The van der Waals surface area contributed by atoms with Gasteiger partial charge in [0.05, 0.1) is 5.56 Å². The van der Waals surface area contributed by atoms with Gasteiger partial charge < -0.3 is 10.6 Å². The number of rotatable bonds is 4. The Morgan fingerprint density at radius 2 is 1.77 bits per heavy atom. The summed E-state index contributed by atoms with van der Waals surface area (Å²) in [6, 6.07) is 6.13. The molecular weight excluding hydrogens is 345 g/mol. The SMILES string of the molecule is Cc1cc(C(=O)Nc2ccc(C(F)(F)F)cc2)nc(NC2CCCC2)n1. The van der Waals surface area contributed by atoms with Crippen LogP contribution < -0.4 is 10.6 Å². The van der Waals surface area contributed by atoms with E-state index < -0.39 is 17.6 Å². The van der Waals surface area contributed by atoms with E-state index in [-0.39, 0.29) is 11.4 Å². The highest BCUT2D eigenvalue weighted by Crippen LogP contribution is 2.30. The predicted molar refractivity (Wildman–Crippen MR) is 92.0 cm³/mol. The molecule has 1 aromatic heterocycles. The fraction of sp³-hybridized carbons (Fsp3) is 0.389. The monoisotopic (exact) mass is 364 g/mol. The summed E-state index contributed by atoms with van der Waals surface area (Å²) in [5.41, 5.74) is 0.303. The van der Waals surface area contributed by atoms with Crippen molar-refractivity contribution >= 4 is 17.5 Å². The molecule has 1 heterocycles. The fourth-order valence-corrected chi connectivity index (χ4v) is 2.94. The van der Waals surface area contributed by atoms with Crippen molar-refractivity contribution < 1.29 is 18.0 Å². The molecule has 0 spiro atoms. The maximum atomic E-state index is 12.6. The minimum atomic E-state index is -4.41. The van der Waals surface area contributed by atoms with Gasteiger partial charge in [0.1, 0.15) is 5.69 Å². The Morgan fingerprint density at radius 1 is 1.12 bits per heavy atom. The van der Waals surface area contributed by atoms with Crippen LogP contribution in [0, 0.1) is 6.92 Å². The van der Waals surface area contributed by atoms with Crippen molar-refractivity contribution in [2.24, 2.45) is 0 Å². The van der Waals surface area contributed by atoms with Gasteiger partial charge in [-0.05, 0) is 50.1 Å². The second-order valence-corrected chi connectivity index (χ2v) is 6.37. The van der Waals surface area contributed by atoms with Crippen LogP contribution in [-0.2, 0) is 6.18 Å². The maximum absolute atomic E-state index is 12.6. The van der Waals surface area contributed by atoms with Crippen molar-refractivity contribution in [1.82, 2.24) is 9.97 Å². The first-order valence-electron chi connectivity index (χ1n) is 8.42. The van der Waals surface area contributed by atoms with E-state index in [0.29, 0.717) is 17.7 Å². The highest BCUT2D eigenvalue weighted by molar-refractivity contribution is 6.03. The normalized spacial score (nSPS) is 15.1.